The van der Waals surface area contributed by atoms with Crippen molar-refractivity contribution in [1.82, 2.24) is 5.32 Å². The molecule has 18 heavy (non-hydrogen) atoms. The fourth-order valence-electron chi connectivity index (χ4n) is 1.73. The molecule has 3 N–H and O–H groups in total. The summed E-state index contributed by atoms with van der Waals surface area (Å²) in [6.07, 6.45) is 0.982. The molecule has 1 heterocycles. The van der Waals surface area contributed by atoms with Crippen molar-refractivity contribution in [1.29, 1.82) is 0 Å². The van der Waals surface area contributed by atoms with Crippen LogP contribution in [-0.4, -0.2) is 18.5 Å². The number of rotatable bonds is 4. The minimum atomic E-state index is -0.0276. The fourth-order valence-corrected chi connectivity index (χ4v) is 2.49. The fraction of sp³-hybridized carbons (Fsp3) is 0.500. The van der Waals surface area contributed by atoms with Crippen LogP contribution in [0.4, 0.5) is 0 Å². The van der Waals surface area contributed by atoms with Crippen LogP contribution in [0.2, 0.25) is 0 Å². The maximum atomic E-state index is 11.9. The number of amides is 1. The summed E-state index contributed by atoms with van der Waals surface area (Å²) in [6, 6.07) is 2.00. The standard InChI is InChI=1S/C14H20N2OS/c1-10(2)7-11(3)16-14(17)12-8-13(18-9-12)5-4-6-15/h8-11H,6-7,15H2,1-3H3,(H,16,17). The Morgan fingerprint density at radius 1 is 1.50 bits per heavy atom. The SMILES string of the molecule is CC(C)CC(C)NC(=O)c1csc(C#CCN)c1. The zero-order valence-corrected chi connectivity index (χ0v) is 11.9. The molecule has 1 aromatic rings. The highest BCUT2D eigenvalue weighted by Gasteiger charge is 2.12. The highest BCUT2D eigenvalue weighted by atomic mass is 32.1. The van der Waals surface area contributed by atoms with E-state index in [4.69, 9.17) is 5.73 Å². The van der Waals surface area contributed by atoms with Crippen molar-refractivity contribution in [3.05, 3.63) is 21.9 Å². The Bertz CT molecular complexity index is 454. The molecule has 1 atom stereocenters. The maximum absolute atomic E-state index is 11.9. The summed E-state index contributed by atoms with van der Waals surface area (Å²) >= 11 is 1.47. The van der Waals surface area contributed by atoms with Crippen LogP contribution in [0, 0.1) is 17.8 Å². The van der Waals surface area contributed by atoms with Crippen LogP contribution in [0.3, 0.4) is 0 Å². The van der Waals surface area contributed by atoms with Crippen LogP contribution < -0.4 is 11.1 Å². The Hall–Kier alpha value is -1.31. The second-order valence-corrected chi connectivity index (χ2v) is 5.62. The highest BCUT2D eigenvalue weighted by molar-refractivity contribution is 7.10. The first kappa shape index (κ1) is 14.7. The molecule has 0 bridgehead atoms. The highest BCUT2D eigenvalue weighted by Crippen LogP contribution is 2.14. The van der Waals surface area contributed by atoms with E-state index in [1.165, 1.54) is 11.3 Å². The monoisotopic (exact) mass is 264 g/mol. The summed E-state index contributed by atoms with van der Waals surface area (Å²) in [5.74, 6) is 6.26. The smallest absolute Gasteiger partial charge is 0.252 e. The third-order valence-electron chi connectivity index (χ3n) is 2.38. The molecule has 0 aliphatic heterocycles. The number of hydrogen-bond donors (Lipinski definition) is 2. The van der Waals surface area contributed by atoms with Gasteiger partial charge in [-0.1, -0.05) is 25.7 Å². The van der Waals surface area contributed by atoms with Gasteiger partial charge >= 0.3 is 0 Å². The minimum absolute atomic E-state index is 0.0276. The molecule has 1 rings (SSSR count). The molecular weight excluding hydrogens is 244 g/mol. The van der Waals surface area contributed by atoms with E-state index in [2.05, 4.69) is 31.0 Å². The molecule has 0 spiro atoms. The van der Waals surface area contributed by atoms with E-state index in [-0.39, 0.29) is 11.9 Å². The van der Waals surface area contributed by atoms with E-state index in [9.17, 15) is 4.79 Å². The molecule has 0 saturated heterocycles. The average Bonchev–Trinajstić information content (AvgIpc) is 2.73. The van der Waals surface area contributed by atoms with Crippen LogP contribution in [-0.2, 0) is 0 Å². The Balaban J connectivity index is 2.59. The lowest BCUT2D eigenvalue weighted by molar-refractivity contribution is 0.0936. The van der Waals surface area contributed by atoms with Crippen LogP contribution >= 0.6 is 11.3 Å². The van der Waals surface area contributed by atoms with Crippen molar-refractivity contribution >= 4 is 17.2 Å². The van der Waals surface area contributed by atoms with Gasteiger partial charge in [0.1, 0.15) is 0 Å². The molecule has 0 aliphatic carbocycles. The van der Waals surface area contributed by atoms with Gasteiger partial charge in [-0.05, 0) is 25.3 Å². The lowest BCUT2D eigenvalue weighted by Gasteiger charge is -2.15. The van der Waals surface area contributed by atoms with Crippen LogP contribution in [0.25, 0.3) is 0 Å². The Labute approximate surface area is 113 Å². The lowest BCUT2D eigenvalue weighted by Crippen LogP contribution is -2.33. The van der Waals surface area contributed by atoms with Crippen molar-refractivity contribution in [3.8, 4) is 11.8 Å². The third kappa shape index (κ3) is 4.91. The number of thiophene rings is 1. The molecule has 0 fully saturated rings. The van der Waals surface area contributed by atoms with Crippen molar-refractivity contribution in [2.75, 3.05) is 6.54 Å². The molecule has 1 aromatic heterocycles. The molecule has 1 unspecified atom stereocenters. The molecule has 98 valence electrons. The van der Waals surface area contributed by atoms with Crippen molar-refractivity contribution in [3.63, 3.8) is 0 Å². The predicted molar refractivity (Wildman–Crippen MR) is 76.6 cm³/mol. The average molecular weight is 264 g/mol. The van der Waals surface area contributed by atoms with Gasteiger partial charge in [0.05, 0.1) is 17.0 Å². The summed E-state index contributed by atoms with van der Waals surface area (Å²) in [6.45, 7) is 6.66. The van der Waals surface area contributed by atoms with Gasteiger partial charge in [0.25, 0.3) is 5.91 Å². The van der Waals surface area contributed by atoms with Gasteiger partial charge in [-0.2, -0.15) is 0 Å². The van der Waals surface area contributed by atoms with E-state index >= 15 is 0 Å². The molecule has 0 aromatic carbocycles. The van der Waals surface area contributed by atoms with Crippen LogP contribution in [0.5, 0.6) is 0 Å². The number of hydrogen-bond acceptors (Lipinski definition) is 3. The molecule has 3 nitrogen and oxygen atoms in total. The number of carbonyl (C=O) groups is 1. The normalized spacial score (nSPS) is 11.8. The van der Waals surface area contributed by atoms with E-state index in [0.29, 0.717) is 18.0 Å². The first-order chi connectivity index (χ1) is 8.52. The van der Waals surface area contributed by atoms with Gasteiger partial charge < -0.3 is 11.1 Å². The van der Waals surface area contributed by atoms with Gasteiger partial charge in [-0.25, -0.2) is 0 Å². The molecule has 1 amide bonds. The topological polar surface area (TPSA) is 55.1 Å². The zero-order valence-electron chi connectivity index (χ0n) is 11.1. The van der Waals surface area contributed by atoms with Gasteiger partial charge in [0, 0.05) is 11.4 Å². The molecule has 0 aliphatic rings. The summed E-state index contributed by atoms with van der Waals surface area (Å²) < 4.78 is 0. The minimum Gasteiger partial charge on any atom is -0.350 e. The molecule has 4 heteroatoms. The summed E-state index contributed by atoms with van der Waals surface area (Å²) in [5, 5.41) is 4.82. The van der Waals surface area contributed by atoms with Crippen molar-refractivity contribution < 1.29 is 4.79 Å². The van der Waals surface area contributed by atoms with Crippen molar-refractivity contribution in [2.45, 2.75) is 33.2 Å². The van der Waals surface area contributed by atoms with E-state index in [1.54, 1.807) is 0 Å². The third-order valence-corrected chi connectivity index (χ3v) is 3.22. The Morgan fingerprint density at radius 2 is 2.22 bits per heavy atom. The second kappa shape index (κ2) is 7.20. The van der Waals surface area contributed by atoms with E-state index in [0.717, 1.165) is 11.3 Å². The van der Waals surface area contributed by atoms with Gasteiger partial charge in [-0.15, -0.1) is 11.3 Å². The van der Waals surface area contributed by atoms with Gasteiger partial charge in [-0.3, -0.25) is 4.79 Å². The molecular formula is C14H20N2OS. The summed E-state index contributed by atoms with van der Waals surface area (Å²) in [4.78, 5) is 12.8. The number of nitrogens with two attached hydrogens (primary N) is 1. The van der Waals surface area contributed by atoms with Crippen LogP contribution in [0.1, 0.15) is 42.4 Å². The lowest BCUT2D eigenvalue weighted by atomic mass is 10.1. The first-order valence-corrected chi connectivity index (χ1v) is 6.99. The number of carbonyl (C=O) groups excluding carboxylic acids is 1. The summed E-state index contributed by atoms with van der Waals surface area (Å²) in [5.41, 5.74) is 5.98. The maximum Gasteiger partial charge on any atom is 0.252 e. The quantitative estimate of drug-likeness (QED) is 0.819. The Kier molecular flexibility index (Phi) is 5.90. The molecule has 0 radical (unpaired) electrons. The number of nitrogens with one attached hydrogen (secondary N) is 1. The van der Waals surface area contributed by atoms with E-state index < -0.39 is 0 Å². The largest absolute Gasteiger partial charge is 0.350 e. The Morgan fingerprint density at radius 3 is 2.83 bits per heavy atom. The van der Waals surface area contributed by atoms with E-state index in [1.807, 2.05) is 18.4 Å². The molecule has 0 saturated carbocycles. The zero-order chi connectivity index (χ0) is 13.5. The van der Waals surface area contributed by atoms with Gasteiger partial charge in [0.2, 0.25) is 0 Å². The summed E-state index contributed by atoms with van der Waals surface area (Å²) in [7, 11) is 0. The van der Waals surface area contributed by atoms with Crippen molar-refractivity contribution in [2.24, 2.45) is 11.7 Å². The first-order valence-electron chi connectivity index (χ1n) is 6.11. The van der Waals surface area contributed by atoms with Crippen LogP contribution in [0.15, 0.2) is 11.4 Å². The predicted octanol–water partition coefficient (Wildman–Crippen LogP) is 2.22. The second-order valence-electron chi connectivity index (χ2n) is 4.71. The van der Waals surface area contributed by atoms with Gasteiger partial charge in [0.15, 0.2) is 0 Å².